The van der Waals surface area contributed by atoms with Gasteiger partial charge >= 0.3 is 0 Å². The number of hydrogen-bond donors (Lipinski definition) is 1. The molecule has 1 aromatic carbocycles. The zero-order valence-corrected chi connectivity index (χ0v) is 14.0. The SMILES string of the molecule is Cc1c(C)n(CCS(=O)(=O)C(C)C)c2ccc(CN)cc12. The highest BCUT2D eigenvalue weighted by atomic mass is 32.2. The fourth-order valence-corrected chi connectivity index (χ4v) is 3.47. The van der Waals surface area contributed by atoms with Crippen molar-refractivity contribution in [3.8, 4) is 0 Å². The van der Waals surface area contributed by atoms with Crippen LogP contribution in [0.4, 0.5) is 0 Å². The summed E-state index contributed by atoms with van der Waals surface area (Å²) >= 11 is 0. The molecule has 2 N–H and O–H groups in total. The molecule has 116 valence electrons. The molecule has 0 unspecified atom stereocenters. The first kappa shape index (κ1) is 16.0. The van der Waals surface area contributed by atoms with Gasteiger partial charge in [0.25, 0.3) is 0 Å². The van der Waals surface area contributed by atoms with E-state index in [9.17, 15) is 8.42 Å². The fraction of sp³-hybridized carbons (Fsp3) is 0.500. The first-order valence-electron chi connectivity index (χ1n) is 7.28. The molecule has 0 bridgehead atoms. The second kappa shape index (κ2) is 5.81. The fourth-order valence-electron chi connectivity index (χ4n) is 2.57. The van der Waals surface area contributed by atoms with Gasteiger partial charge in [-0.15, -0.1) is 0 Å². The molecular weight excluding hydrogens is 284 g/mol. The molecule has 0 saturated carbocycles. The highest BCUT2D eigenvalue weighted by molar-refractivity contribution is 7.91. The van der Waals surface area contributed by atoms with E-state index in [-0.39, 0.29) is 11.0 Å². The number of aryl methyl sites for hydroxylation is 2. The Morgan fingerprint density at radius 1 is 1.24 bits per heavy atom. The number of nitrogens with two attached hydrogens (primary N) is 1. The minimum Gasteiger partial charge on any atom is -0.344 e. The van der Waals surface area contributed by atoms with E-state index in [4.69, 9.17) is 5.73 Å². The Bertz CT molecular complexity index is 758. The van der Waals surface area contributed by atoms with E-state index < -0.39 is 9.84 Å². The maximum Gasteiger partial charge on any atom is 0.154 e. The maximum atomic E-state index is 12.0. The molecule has 2 aromatic rings. The summed E-state index contributed by atoms with van der Waals surface area (Å²) in [4.78, 5) is 0. The average Bonchev–Trinajstić information content (AvgIpc) is 2.68. The lowest BCUT2D eigenvalue weighted by Gasteiger charge is -2.11. The van der Waals surface area contributed by atoms with Crippen molar-refractivity contribution in [3.05, 3.63) is 35.0 Å². The smallest absolute Gasteiger partial charge is 0.154 e. The van der Waals surface area contributed by atoms with Crippen LogP contribution in [0.1, 0.15) is 30.7 Å². The summed E-state index contributed by atoms with van der Waals surface area (Å²) in [5.41, 5.74) is 10.2. The molecule has 0 aliphatic heterocycles. The normalized spacial score (nSPS) is 12.5. The molecule has 1 aromatic heterocycles. The Balaban J connectivity index is 2.43. The summed E-state index contributed by atoms with van der Waals surface area (Å²) in [7, 11) is -3.03. The van der Waals surface area contributed by atoms with Crippen molar-refractivity contribution in [1.29, 1.82) is 0 Å². The van der Waals surface area contributed by atoms with Gasteiger partial charge in [-0.3, -0.25) is 0 Å². The lowest BCUT2D eigenvalue weighted by molar-refractivity contribution is 0.580. The van der Waals surface area contributed by atoms with Crippen molar-refractivity contribution in [1.82, 2.24) is 4.57 Å². The van der Waals surface area contributed by atoms with Crippen LogP contribution >= 0.6 is 0 Å². The van der Waals surface area contributed by atoms with E-state index in [0.29, 0.717) is 13.1 Å². The molecule has 21 heavy (non-hydrogen) atoms. The quantitative estimate of drug-likeness (QED) is 0.923. The third-order valence-corrected chi connectivity index (χ3v) is 6.44. The van der Waals surface area contributed by atoms with Crippen LogP contribution < -0.4 is 5.73 Å². The van der Waals surface area contributed by atoms with Crippen LogP contribution in [0.25, 0.3) is 10.9 Å². The molecule has 0 aliphatic rings. The van der Waals surface area contributed by atoms with Gasteiger partial charge in [0.05, 0.1) is 11.0 Å². The Morgan fingerprint density at radius 2 is 1.90 bits per heavy atom. The summed E-state index contributed by atoms with van der Waals surface area (Å²) < 4.78 is 26.2. The molecule has 0 saturated heterocycles. The van der Waals surface area contributed by atoms with E-state index in [0.717, 1.165) is 22.2 Å². The number of fused-ring (bicyclic) bond motifs is 1. The molecule has 4 nitrogen and oxygen atoms in total. The number of rotatable bonds is 5. The number of nitrogens with zero attached hydrogens (tertiary/aromatic N) is 1. The van der Waals surface area contributed by atoms with Gasteiger partial charge in [-0.05, 0) is 51.0 Å². The molecule has 0 aliphatic carbocycles. The Labute approximate surface area is 126 Å². The molecule has 2 rings (SSSR count). The predicted molar refractivity (Wildman–Crippen MR) is 88.2 cm³/mol. The monoisotopic (exact) mass is 308 g/mol. The third kappa shape index (κ3) is 2.99. The first-order valence-corrected chi connectivity index (χ1v) is 8.99. The van der Waals surface area contributed by atoms with Gasteiger partial charge in [-0.1, -0.05) is 6.07 Å². The second-order valence-corrected chi connectivity index (χ2v) is 8.51. The van der Waals surface area contributed by atoms with Crippen molar-refractivity contribution in [3.63, 3.8) is 0 Å². The van der Waals surface area contributed by atoms with E-state index in [1.165, 1.54) is 5.56 Å². The van der Waals surface area contributed by atoms with Crippen molar-refractivity contribution in [2.24, 2.45) is 5.73 Å². The molecule has 5 heteroatoms. The summed E-state index contributed by atoms with van der Waals surface area (Å²) in [5, 5.41) is 0.835. The van der Waals surface area contributed by atoms with E-state index in [1.807, 2.05) is 19.1 Å². The number of hydrogen-bond acceptors (Lipinski definition) is 3. The van der Waals surface area contributed by atoms with Crippen molar-refractivity contribution >= 4 is 20.7 Å². The third-order valence-electron chi connectivity index (χ3n) is 4.26. The van der Waals surface area contributed by atoms with Crippen LogP contribution in [0.5, 0.6) is 0 Å². The minimum absolute atomic E-state index is 0.174. The van der Waals surface area contributed by atoms with Crippen molar-refractivity contribution in [2.75, 3.05) is 5.75 Å². The summed E-state index contributed by atoms with van der Waals surface area (Å²) in [6, 6.07) is 6.15. The van der Waals surface area contributed by atoms with E-state index in [1.54, 1.807) is 13.8 Å². The predicted octanol–water partition coefficient (Wildman–Crippen LogP) is 2.54. The van der Waals surface area contributed by atoms with Crippen molar-refractivity contribution < 1.29 is 8.42 Å². The zero-order valence-electron chi connectivity index (χ0n) is 13.2. The lowest BCUT2D eigenvalue weighted by atomic mass is 10.1. The molecular formula is C16H24N2O2S. The van der Waals surface area contributed by atoms with Gasteiger partial charge in [-0.25, -0.2) is 8.42 Å². The van der Waals surface area contributed by atoms with E-state index >= 15 is 0 Å². The molecule has 0 spiro atoms. The minimum atomic E-state index is -3.03. The van der Waals surface area contributed by atoms with E-state index in [2.05, 4.69) is 17.6 Å². The standard InChI is InChI=1S/C16H24N2O2S/c1-11(2)21(19,20)8-7-18-13(4)12(3)15-9-14(10-17)5-6-16(15)18/h5-6,9,11H,7-8,10,17H2,1-4H3. The van der Waals surface area contributed by atoms with Gasteiger partial charge in [0.15, 0.2) is 9.84 Å². The lowest BCUT2D eigenvalue weighted by Crippen LogP contribution is -2.21. The van der Waals surface area contributed by atoms with Crippen LogP contribution in [0.15, 0.2) is 18.2 Å². The highest BCUT2D eigenvalue weighted by Crippen LogP contribution is 2.26. The number of benzene rings is 1. The average molecular weight is 308 g/mol. The Kier molecular flexibility index (Phi) is 4.44. The summed E-state index contributed by atoms with van der Waals surface area (Å²) in [6.07, 6.45) is 0. The largest absolute Gasteiger partial charge is 0.344 e. The van der Waals surface area contributed by atoms with Gasteiger partial charge < -0.3 is 10.3 Å². The molecule has 0 amide bonds. The molecule has 1 heterocycles. The van der Waals surface area contributed by atoms with Gasteiger partial charge in [0, 0.05) is 29.7 Å². The topological polar surface area (TPSA) is 65.1 Å². The first-order chi connectivity index (χ1) is 9.77. The second-order valence-electron chi connectivity index (χ2n) is 5.83. The molecule has 0 atom stereocenters. The summed E-state index contributed by atoms with van der Waals surface area (Å²) in [6.45, 7) is 8.59. The van der Waals surface area contributed by atoms with Crippen LogP contribution in [-0.2, 0) is 22.9 Å². The van der Waals surface area contributed by atoms with Crippen LogP contribution in [-0.4, -0.2) is 24.0 Å². The van der Waals surface area contributed by atoms with Crippen LogP contribution in [0.2, 0.25) is 0 Å². The van der Waals surface area contributed by atoms with Gasteiger partial charge in [0.2, 0.25) is 0 Å². The Hall–Kier alpha value is -1.33. The number of sulfone groups is 1. The highest BCUT2D eigenvalue weighted by Gasteiger charge is 2.18. The van der Waals surface area contributed by atoms with Crippen molar-refractivity contribution in [2.45, 2.75) is 46.0 Å². The molecule has 0 radical (unpaired) electrons. The molecule has 0 fully saturated rings. The van der Waals surface area contributed by atoms with Gasteiger partial charge in [0.1, 0.15) is 0 Å². The summed E-state index contributed by atoms with van der Waals surface area (Å²) in [5.74, 6) is 0.174. The van der Waals surface area contributed by atoms with Crippen LogP contribution in [0.3, 0.4) is 0 Å². The van der Waals surface area contributed by atoms with Crippen LogP contribution in [0, 0.1) is 13.8 Å². The number of aromatic nitrogens is 1. The zero-order chi connectivity index (χ0) is 15.8. The van der Waals surface area contributed by atoms with Gasteiger partial charge in [-0.2, -0.15) is 0 Å². The Morgan fingerprint density at radius 3 is 2.48 bits per heavy atom. The maximum absolute atomic E-state index is 12.0.